The lowest BCUT2D eigenvalue weighted by molar-refractivity contribution is 0.349. The van der Waals surface area contributed by atoms with E-state index < -0.39 is 0 Å². The highest BCUT2D eigenvalue weighted by Crippen LogP contribution is 2.29. The third-order valence-corrected chi connectivity index (χ3v) is 4.52. The first-order valence-corrected chi connectivity index (χ1v) is 7.70. The number of hydrogen-bond donors (Lipinski definition) is 1. The number of nitrogens with one attached hydrogen (secondary N) is 1. The molecule has 3 nitrogen and oxygen atoms in total. The van der Waals surface area contributed by atoms with Gasteiger partial charge in [-0.15, -0.1) is 0 Å². The Kier molecular flexibility index (Phi) is 3.69. The van der Waals surface area contributed by atoms with Gasteiger partial charge in [0.1, 0.15) is 12.1 Å². The normalized spacial score (nSPS) is 23.5. The van der Waals surface area contributed by atoms with E-state index >= 15 is 0 Å². The molecule has 1 saturated carbocycles. The summed E-state index contributed by atoms with van der Waals surface area (Å²) in [5.74, 6) is 1.68. The largest absolute Gasteiger partial charge is 0.366 e. The highest BCUT2D eigenvalue weighted by molar-refractivity contribution is 9.10. The summed E-state index contributed by atoms with van der Waals surface area (Å²) in [6.07, 6.45) is 6.86. The van der Waals surface area contributed by atoms with Crippen LogP contribution in [0.1, 0.15) is 32.6 Å². The number of anilines is 1. The Bertz CT molecular complexity index is 585. The molecule has 0 bridgehead atoms. The van der Waals surface area contributed by atoms with Crippen molar-refractivity contribution in [2.24, 2.45) is 5.92 Å². The molecule has 1 aliphatic carbocycles. The predicted molar refractivity (Wildman–Crippen MR) is 82.3 cm³/mol. The van der Waals surface area contributed by atoms with E-state index in [4.69, 9.17) is 0 Å². The van der Waals surface area contributed by atoms with Gasteiger partial charge in [-0.2, -0.15) is 0 Å². The minimum absolute atomic E-state index is 0.533. The number of nitrogens with zero attached hydrogens (tertiary/aromatic N) is 2. The molecule has 19 heavy (non-hydrogen) atoms. The van der Waals surface area contributed by atoms with Crippen molar-refractivity contribution in [3.8, 4) is 0 Å². The molecule has 1 aliphatic rings. The van der Waals surface area contributed by atoms with Crippen molar-refractivity contribution in [3.05, 3.63) is 29.0 Å². The second-order valence-corrected chi connectivity index (χ2v) is 6.31. The molecule has 100 valence electrons. The van der Waals surface area contributed by atoms with Gasteiger partial charge in [-0.25, -0.2) is 9.97 Å². The number of hydrogen-bond acceptors (Lipinski definition) is 3. The molecular weight excluding hydrogens is 302 g/mol. The second kappa shape index (κ2) is 5.45. The Morgan fingerprint density at radius 2 is 2.05 bits per heavy atom. The van der Waals surface area contributed by atoms with Crippen molar-refractivity contribution in [2.45, 2.75) is 38.6 Å². The zero-order valence-corrected chi connectivity index (χ0v) is 12.7. The lowest BCUT2D eigenvalue weighted by atomic mass is 9.86. The summed E-state index contributed by atoms with van der Waals surface area (Å²) in [6.45, 7) is 2.33. The van der Waals surface area contributed by atoms with Crippen molar-refractivity contribution in [1.82, 2.24) is 9.97 Å². The van der Waals surface area contributed by atoms with Crippen LogP contribution >= 0.6 is 15.9 Å². The van der Waals surface area contributed by atoms with Crippen LogP contribution in [-0.2, 0) is 0 Å². The van der Waals surface area contributed by atoms with E-state index in [1.807, 2.05) is 12.1 Å². The second-order valence-electron chi connectivity index (χ2n) is 5.40. The molecule has 0 amide bonds. The summed E-state index contributed by atoms with van der Waals surface area (Å²) in [4.78, 5) is 8.76. The molecule has 1 N–H and O–H groups in total. The van der Waals surface area contributed by atoms with Crippen molar-refractivity contribution in [1.29, 1.82) is 0 Å². The van der Waals surface area contributed by atoms with E-state index in [2.05, 4.69) is 44.2 Å². The number of rotatable bonds is 2. The Balaban J connectivity index is 1.93. The van der Waals surface area contributed by atoms with Gasteiger partial charge in [0.25, 0.3) is 0 Å². The molecule has 3 rings (SSSR count). The van der Waals surface area contributed by atoms with E-state index in [1.165, 1.54) is 25.7 Å². The van der Waals surface area contributed by atoms with Crippen LogP contribution in [0.25, 0.3) is 10.9 Å². The first-order chi connectivity index (χ1) is 9.24. The molecule has 0 unspecified atom stereocenters. The zero-order chi connectivity index (χ0) is 13.2. The average molecular weight is 320 g/mol. The van der Waals surface area contributed by atoms with Crippen LogP contribution in [0.5, 0.6) is 0 Å². The standard InChI is InChI=1S/C15H18BrN3/c1-10-4-2-3-5-13(10)19-15-12-8-11(16)6-7-14(12)17-9-18-15/h6-10,13H,2-5H2,1H3,(H,17,18,19)/t10-,13+/m1/s1. The molecule has 4 heteroatoms. The fourth-order valence-electron chi connectivity index (χ4n) is 2.85. The van der Waals surface area contributed by atoms with E-state index in [1.54, 1.807) is 6.33 Å². The molecule has 1 aromatic carbocycles. The van der Waals surface area contributed by atoms with Gasteiger partial charge >= 0.3 is 0 Å². The average Bonchev–Trinajstić information content (AvgIpc) is 2.42. The van der Waals surface area contributed by atoms with Gasteiger partial charge in [0, 0.05) is 15.9 Å². The molecule has 0 saturated heterocycles. The maximum absolute atomic E-state index is 4.43. The van der Waals surface area contributed by atoms with Crippen molar-refractivity contribution in [3.63, 3.8) is 0 Å². The van der Waals surface area contributed by atoms with Gasteiger partial charge in [-0.05, 0) is 37.0 Å². The van der Waals surface area contributed by atoms with E-state index in [-0.39, 0.29) is 0 Å². The van der Waals surface area contributed by atoms with Gasteiger partial charge in [-0.1, -0.05) is 35.7 Å². The van der Waals surface area contributed by atoms with Crippen molar-refractivity contribution < 1.29 is 0 Å². The monoisotopic (exact) mass is 319 g/mol. The number of fused-ring (bicyclic) bond motifs is 1. The van der Waals surface area contributed by atoms with Gasteiger partial charge in [0.05, 0.1) is 5.52 Å². The fourth-order valence-corrected chi connectivity index (χ4v) is 3.21. The summed E-state index contributed by atoms with van der Waals surface area (Å²) in [6, 6.07) is 6.66. The summed E-state index contributed by atoms with van der Waals surface area (Å²) >= 11 is 3.52. The first kappa shape index (κ1) is 12.9. The molecule has 2 atom stereocenters. The Morgan fingerprint density at radius 1 is 1.21 bits per heavy atom. The summed E-state index contributed by atoms with van der Waals surface area (Å²) in [5, 5.41) is 4.72. The number of benzene rings is 1. The van der Waals surface area contributed by atoms with Gasteiger partial charge in [0.2, 0.25) is 0 Å². The van der Waals surface area contributed by atoms with Crippen LogP contribution in [0.15, 0.2) is 29.0 Å². The van der Waals surface area contributed by atoms with Gasteiger partial charge < -0.3 is 5.32 Å². The predicted octanol–water partition coefficient (Wildman–Crippen LogP) is 4.38. The molecule has 2 aromatic rings. The third-order valence-electron chi connectivity index (χ3n) is 4.03. The van der Waals surface area contributed by atoms with Gasteiger partial charge in [-0.3, -0.25) is 0 Å². The maximum atomic E-state index is 4.43. The molecule has 1 aromatic heterocycles. The lowest BCUT2D eigenvalue weighted by Gasteiger charge is -2.30. The first-order valence-electron chi connectivity index (χ1n) is 6.91. The molecular formula is C15H18BrN3. The molecule has 1 fully saturated rings. The maximum Gasteiger partial charge on any atom is 0.137 e. The van der Waals surface area contributed by atoms with Crippen LogP contribution < -0.4 is 5.32 Å². The number of halogens is 1. The smallest absolute Gasteiger partial charge is 0.137 e. The summed E-state index contributed by atoms with van der Waals surface area (Å²) in [5.41, 5.74) is 0.990. The highest BCUT2D eigenvalue weighted by Gasteiger charge is 2.22. The van der Waals surface area contributed by atoms with Gasteiger partial charge in [0.15, 0.2) is 0 Å². The molecule has 0 spiro atoms. The van der Waals surface area contributed by atoms with Crippen LogP contribution in [0.4, 0.5) is 5.82 Å². The zero-order valence-electron chi connectivity index (χ0n) is 11.1. The van der Waals surface area contributed by atoms with Crippen molar-refractivity contribution >= 4 is 32.7 Å². The van der Waals surface area contributed by atoms with E-state index in [9.17, 15) is 0 Å². The van der Waals surface area contributed by atoms with Crippen LogP contribution in [0.2, 0.25) is 0 Å². The summed E-state index contributed by atoms with van der Waals surface area (Å²) < 4.78 is 1.06. The molecule has 1 heterocycles. The topological polar surface area (TPSA) is 37.8 Å². The van der Waals surface area contributed by atoms with Crippen LogP contribution in [-0.4, -0.2) is 16.0 Å². The van der Waals surface area contributed by atoms with Crippen LogP contribution in [0, 0.1) is 5.92 Å². The molecule has 0 aliphatic heterocycles. The Hall–Kier alpha value is -1.16. The quantitative estimate of drug-likeness (QED) is 0.892. The lowest BCUT2D eigenvalue weighted by Crippen LogP contribution is -2.30. The minimum Gasteiger partial charge on any atom is -0.366 e. The Morgan fingerprint density at radius 3 is 2.89 bits per heavy atom. The highest BCUT2D eigenvalue weighted by atomic mass is 79.9. The van der Waals surface area contributed by atoms with E-state index in [0.29, 0.717) is 12.0 Å². The third kappa shape index (κ3) is 2.73. The fraction of sp³-hybridized carbons (Fsp3) is 0.467. The van der Waals surface area contributed by atoms with E-state index in [0.717, 1.165) is 21.2 Å². The summed E-state index contributed by atoms with van der Waals surface area (Å²) in [7, 11) is 0. The number of aromatic nitrogens is 2. The SMILES string of the molecule is C[C@@H]1CCCC[C@@H]1Nc1ncnc2ccc(Br)cc12. The van der Waals surface area contributed by atoms with Crippen molar-refractivity contribution in [2.75, 3.05) is 5.32 Å². The van der Waals surface area contributed by atoms with Crippen LogP contribution in [0.3, 0.4) is 0 Å². The minimum atomic E-state index is 0.533. The molecule has 0 radical (unpaired) electrons. The Labute approximate surface area is 122 Å².